The summed E-state index contributed by atoms with van der Waals surface area (Å²) in [5, 5.41) is 4.59. The average molecular weight is 388 g/mol. The molecule has 4 nitrogen and oxygen atoms in total. The van der Waals surface area contributed by atoms with Gasteiger partial charge < -0.3 is 10.1 Å². The zero-order chi connectivity index (χ0) is 18.5. The molecule has 0 amide bonds. The van der Waals surface area contributed by atoms with Crippen LogP contribution in [-0.4, -0.2) is 9.97 Å². The molecular weight excluding hydrogens is 369 g/mol. The topological polar surface area (TPSA) is 47.0 Å². The number of benzene rings is 2. The van der Waals surface area contributed by atoms with E-state index in [0.717, 1.165) is 29.2 Å². The number of ether oxygens (including phenoxy) is 1. The van der Waals surface area contributed by atoms with E-state index in [0.29, 0.717) is 15.9 Å². The molecule has 3 rings (SSSR count). The predicted molar refractivity (Wildman–Crippen MR) is 106 cm³/mol. The predicted octanol–water partition coefficient (Wildman–Crippen LogP) is 6.31. The summed E-state index contributed by atoms with van der Waals surface area (Å²) in [5.74, 6) is 2.15. The van der Waals surface area contributed by atoms with Crippen LogP contribution in [0.15, 0.2) is 54.9 Å². The van der Waals surface area contributed by atoms with E-state index < -0.39 is 0 Å². The van der Waals surface area contributed by atoms with E-state index in [1.807, 2.05) is 43.3 Å². The largest absolute Gasteiger partial charge is 0.457 e. The van der Waals surface area contributed by atoms with Gasteiger partial charge in [-0.2, -0.15) is 0 Å². The number of nitrogens with zero attached hydrogens (tertiary/aromatic N) is 2. The number of anilines is 1. The van der Waals surface area contributed by atoms with Gasteiger partial charge in [-0.25, -0.2) is 9.97 Å². The minimum atomic E-state index is 0.0386. The number of aryl methyl sites for hydroxylation is 1. The molecule has 134 valence electrons. The van der Waals surface area contributed by atoms with E-state index in [1.54, 1.807) is 12.1 Å². The molecule has 0 aliphatic rings. The summed E-state index contributed by atoms with van der Waals surface area (Å²) in [5.41, 5.74) is 1.93. The number of rotatable bonds is 6. The van der Waals surface area contributed by atoms with E-state index in [-0.39, 0.29) is 6.04 Å². The smallest absolute Gasteiger partial charge is 0.148 e. The van der Waals surface area contributed by atoms with Gasteiger partial charge in [-0.05, 0) is 55.3 Å². The van der Waals surface area contributed by atoms with Crippen molar-refractivity contribution in [1.29, 1.82) is 0 Å². The van der Waals surface area contributed by atoms with Crippen LogP contribution in [0.2, 0.25) is 10.0 Å². The summed E-state index contributed by atoms with van der Waals surface area (Å²) in [6.45, 7) is 4.07. The fraction of sp³-hybridized carbons (Fsp3) is 0.200. The van der Waals surface area contributed by atoms with Gasteiger partial charge in [0.25, 0.3) is 0 Å². The van der Waals surface area contributed by atoms with Gasteiger partial charge in [-0.1, -0.05) is 42.3 Å². The highest BCUT2D eigenvalue weighted by Gasteiger charge is 2.12. The molecule has 1 aromatic heterocycles. The molecule has 6 heteroatoms. The van der Waals surface area contributed by atoms with Crippen molar-refractivity contribution in [3.63, 3.8) is 0 Å². The van der Waals surface area contributed by atoms with Gasteiger partial charge in [0.05, 0.1) is 5.69 Å². The lowest BCUT2D eigenvalue weighted by atomic mass is 10.1. The third-order valence-electron chi connectivity index (χ3n) is 3.98. The van der Waals surface area contributed by atoms with Crippen molar-refractivity contribution >= 4 is 29.0 Å². The molecular formula is C20H19Cl2N3O. The Morgan fingerprint density at radius 3 is 2.19 bits per heavy atom. The second kappa shape index (κ2) is 8.39. The van der Waals surface area contributed by atoms with Crippen LogP contribution < -0.4 is 10.1 Å². The van der Waals surface area contributed by atoms with Gasteiger partial charge in [0.2, 0.25) is 0 Å². The van der Waals surface area contributed by atoms with Gasteiger partial charge in [-0.3, -0.25) is 0 Å². The zero-order valence-electron chi connectivity index (χ0n) is 14.5. The molecule has 0 radical (unpaired) electrons. The summed E-state index contributed by atoms with van der Waals surface area (Å²) in [6, 6.07) is 15.2. The van der Waals surface area contributed by atoms with E-state index in [4.69, 9.17) is 27.9 Å². The minimum absolute atomic E-state index is 0.0386. The maximum absolute atomic E-state index is 6.35. The highest BCUT2D eigenvalue weighted by Crippen LogP contribution is 2.28. The molecule has 1 atom stereocenters. The highest BCUT2D eigenvalue weighted by molar-refractivity contribution is 6.33. The van der Waals surface area contributed by atoms with Crippen molar-refractivity contribution in [3.05, 3.63) is 76.2 Å². The summed E-state index contributed by atoms with van der Waals surface area (Å²) >= 11 is 12.2. The first kappa shape index (κ1) is 18.5. The van der Waals surface area contributed by atoms with E-state index in [1.165, 1.54) is 6.33 Å². The van der Waals surface area contributed by atoms with Gasteiger partial charge in [0, 0.05) is 11.1 Å². The number of nitrogens with one attached hydrogen (secondary N) is 1. The Bertz CT molecular complexity index is 867. The molecule has 0 spiro atoms. The second-order valence-electron chi connectivity index (χ2n) is 5.83. The van der Waals surface area contributed by atoms with Gasteiger partial charge >= 0.3 is 0 Å². The maximum atomic E-state index is 6.35. The quantitative estimate of drug-likeness (QED) is 0.537. The molecule has 0 fully saturated rings. The molecule has 2 aromatic carbocycles. The standard InChI is InChI=1S/C20H19Cl2N3O/c1-3-18-19(22)20(24-12-23-18)25-13(2)14-4-8-16(9-5-14)26-17-10-6-15(21)7-11-17/h4-13H,3H2,1-2H3,(H,23,24,25). The third kappa shape index (κ3) is 4.45. The van der Waals surface area contributed by atoms with Gasteiger partial charge in [-0.15, -0.1) is 0 Å². The number of aromatic nitrogens is 2. The summed E-state index contributed by atoms with van der Waals surface area (Å²) in [4.78, 5) is 8.43. The highest BCUT2D eigenvalue weighted by atomic mass is 35.5. The van der Waals surface area contributed by atoms with Crippen LogP contribution >= 0.6 is 23.2 Å². The number of halogens is 2. The summed E-state index contributed by atoms with van der Waals surface area (Å²) < 4.78 is 5.81. The van der Waals surface area contributed by atoms with Crippen molar-refractivity contribution in [2.75, 3.05) is 5.32 Å². The SMILES string of the molecule is CCc1ncnc(NC(C)c2ccc(Oc3ccc(Cl)cc3)cc2)c1Cl. The number of hydrogen-bond donors (Lipinski definition) is 1. The molecule has 0 aliphatic heterocycles. The maximum Gasteiger partial charge on any atom is 0.148 e. The first-order valence-corrected chi connectivity index (χ1v) is 9.11. The van der Waals surface area contributed by atoms with Crippen LogP contribution in [0.4, 0.5) is 5.82 Å². The normalized spacial score (nSPS) is 11.8. The molecule has 1 unspecified atom stereocenters. The zero-order valence-corrected chi connectivity index (χ0v) is 16.1. The Hall–Kier alpha value is -2.30. The molecule has 0 saturated carbocycles. The molecule has 0 saturated heterocycles. The Morgan fingerprint density at radius 2 is 1.58 bits per heavy atom. The summed E-state index contributed by atoms with van der Waals surface area (Å²) in [6.07, 6.45) is 2.30. The summed E-state index contributed by atoms with van der Waals surface area (Å²) in [7, 11) is 0. The van der Waals surface area contributed by atoms with Crippen LogP contribution in [-0.2, 0) is 6.42 Å². The van der Waals surface area contributed by atoms with E-state index >= 15 is 0 Å². The third-order valence-corrected chi connectivity index (χ3v) is 4.63. The average Bonchev–Trinajstić information content (AvgIpc) is 2.66. The molecule has 26 heavy (non-hydrogen) atoms. The fourth-order valence-corrected chi connectivity index (χ4v) is 2.92. The van der Waals surface area contributed by atoms with Crippen LogP contribution in [0.5, 0.6) is 11.5 Å². The first-order valence-electron chi connectivity index (χ1n) is 8.36. The van der Waals surface area contributed by atoms with Crippen molar-refractivity contribution in [3.8, 4) is 11.5 Å². The molecule has 3 aromatic rings. The Labute approximate surface area is 163 Å². The monoisotopic (exact) mass is 387 g/mol. The second-order valence-corrected chi connectivity index (χ2v) is 6.64. The fourth-order valence-electron chi connectivity index (χ4n) is 2.51. The van der Waals surface area contributed by atoms with Crippen LogP contribution in [0.1, 0.15) is 31.1 Å². The van der Waals surface area contributed by atoms with Crippen molar-refractivity contribution < 1.29 is 4.74 Å². The molecule has 1 heterocycles. The van der Waals surface area contributed by atoms with Gasteiger partial charge in [0.1, 0.15) is 28.7 Å². The van der Waals surface area contributed by atoms with Crippen LogP contribution in [0.3, 0.4) is 0 Å². The first-order chi connectivity index (χ1) is 12.6. The molecule has 0 aliphatic carbocycles. The number of hydrogen-bond acceptors (Lipinski definition) is 4. The Balaban J connectivity index is 1.69. The van der Waals surface area contributed by atoms with Crippen molar-refractivity contribution in [1.82, 2.24) is 9.97 Å². The van der Waals surface area contributed by atoms with Crippen LogP contribution in [0.25, 0.3) is 0 Å². The minimum Gasteiger partial charge on any atom is -0.457 e. The van der Waals surface area contributed by atoms with Crippen molar-refractivity contribution in [2.45, 2.75) is 26.3 Å². The van der Waals surface area contributed by atoms with Gasteiger partial charge in [0.15, 0.2) is 0 Å². The Kier molecular flexibility index (Phi) is 5.96. The van der Waals surface area contributed by atoms with Crippen molar-refractivity contribution in [2.24, 2.45) is 0 Å². The Morgan fingerprint density at radius 1 is 0.962 bits per heavy atom. The molecule has 0 bridgehead atoms. The van der Waals surface area contributed by atoms with E-state index in [2.05, 4.69) is 22.2 Å². The lowest BCUT2D eigenvalue weighted by molar-refractivity contribution is 0.482. The lowest BCUT2D eigenvalue weighted by Gasteiger charge is -2.17. The molecule has 1 N–H and O–H groups in total. The van der Waals surface area contributed by atoms with Crippen LogP contribution in [0, 0.1) is 0 Å². The lowest BCUT2D eigenvalue weighted by Crippen LogP contribution is -2.09. The van der Waals surface area contributed by atoms with E-state index in [9.17, 15) is 0 Å².